The molecule has 0 fully saturated rings. The topological polar surface area (TPSA) is 74.5 Å². The van der Waals surface area contributed by atoms with Crippen molar-refractivity contribution in [1.29, 1.82) is 0 Å². The Morgan fingerprint density at radius 1 is 1.28 bits per heavy atom. The first-order valence-corrected chi connectivity index (χ1v) is 8.89. The predicted octanol–water partition coefficient (Wildman–Crippen LogP) is 4.28. The molecule has 3 N–H and O–H groups in total. The van der Waals surface area contributed by atoms with E-state index in [9.17, 15) is 4.79 Å². The van der Waals surface area contributed by atoms with Crippen LogP contribution in [0.25, 0.3) is 11.3 Å². The van der Waals surface area contributed by atoms with Crippen LogP contribution in [0.15, 0.2) is 52.3 Å². The van der Waals surface area contributed by atoms with Gasteiger partial charge >= 0.3 is 0 Å². The lowest BCUT2D eigenvalue weighted by atomic mass is 10.1. The Morgan fingerprint density at radius 3 is 2.76 bits per heavy atom. The van der Waals surface area contributed by atoms with E-state index in [1.54, 1.807) is 42.5 Å². The van der Waals surface area contributed by atoms with Gasteiger partial charge in [0.2, 0.25) is 0 Å². The Bertz CT molecular complexity index is 907. The highest BCUT2D eigenvalue weighted by atomic mass is 35.5. The highest BCUT2D eigenvalue weighted by Crippen LogP contribution is 2.31. The molecule has 0 spiro atoms. The van der Waals surface area contributed by atoms with E-state index in [0.717, 1.165) is 0 Å². The molecule has 0 saturated carbocycles. The first-order valence-electron chi connectivity index (χ1n) is 7.22. The minimum atomic E-state index is -0.262. The first-order chi connectivity index (χ1) is 12.1. The van der Waals surface area contributed by atoms with Crippen molar-refractivity contribution in [2.45, 2.75) is 6.61 Å². The SMILES string of the molecule is O=C(NC(=S)Nc1ccc(-c2ccc(CO)o2)c(Cl)c1)c1cccs1. The molecule has 2 aromatic heterocycles. The number of hydrogen-bond acceptors (Lipinski definition) is 5. The van der Waals surface area contributed by atoms with E-state index in [1.165, 1.54) is 11.3 Å². The van der Waals surface area contributed by atoms with Crippen molar-refractivity contribution in [2.24, 2.45) is 0 Å². The Balaban J connectivity index is 1.68. The van der Waals surface area contributed by atoms with Crippen molar-refractivity contribution >= 4 is 51.9 Å². The Kier molecular flexibility index (Phi) is 5.50. The standard InChI is InChI=1S/C17H13ClN2O3S2/c18-13-8-10(3-5-12(13)14-6-4-11(9-21)23-14)19-17(24)20-16(22)15-2-1-7-25-15/h1-8,21H,9H2,(H2,19,20,22,24). The van der Waals surface area contributed by atoms with E-state index in [1.807, 2.05) is 5.38 Å². The maximum absolute atomic E-state index is 12.0. The molecule has 0 saturated heterocycles. The second-order valence-corrected chi connectivity index (χ2v) is 6.77. The zero-order chi connectivity index (χ0) is 17.8. The third kappa shape index (κ3) is 4.26. The van der Waals surface area contributed by atoms with Crippen LogP contribution in [0.4, 0.5) is 5.69 Å². The number of furan rings is 1. The van der Waals surface area contributed by atoms with Gasteiger partial charge in [-0.3, -0.25) is 10.1 Å². The van der Waals surface area contributed by atoms with Gasteiger partial charge in [0.15, 0.2) is 5.11 Å². The molecule has 128 valence electrons. The number of thiocarbonyl (C=S) groups is 1. The molecule has 3 aromatic rings. The summed E-state index contributed by atoms with van der Waals surface area (Å²) < 4.78 is 5.48. The first kappa shape index (κ1) is 17.6. The molecule has 0 aliphatic rings. The number of carbonyl (C=O) groups excluding carboxylic acids is 1. The van der Waals surface area contributed by atoms with Gasteiger partial charge in [-0.15, -0.1) is 11.3 Å². The fourth-order valence-corrected chi connectivity index (χ4v) is 3.24. The number of amides is 1. The average molecular weight is 393 g/mol. The number of nitrogens with one attached hydrogen (secondary N) is 2. The summed E-state index contributed by atoms with van der Waals surface area (Å²) in [6.07, 6.45) is 0. The van der Waals surface area contributed by atoms with Gasteiger partial charge in [0.25, 0.3) is 5.91 Å². The van der Waals surface area contributed by atoms with E-state index < -0.39 is 0 Å². The summed E-state index contributed by atoms with van der Waals surface area (Å²) in [5, 5.41) is 17.1. The normalized spacial score (nSPS) is 10.5. The van der Waals surface area contributed by atoms with Crippen molar-refractivity contribution in [3.8, 4) is 11.3 Å². The number of hydrogen-bond donors (Lipinski definition) is 3. The minimum absolute atomic E-state index is 0.171. The van der Waals surface area contributed by atoms with E-state index >= 15 is 0 Å². The third-order valence-corrected chi connectivity index (χ3v) is 4.67. The molecule has 1 aromatic carbocycles. The quantitative estimate of drug-likeness (QED) is 0.578. The van der Waals surface area contributed by atoms with E-state index in [0.29, 0.717) is 32.7 Å². The maximum atomic E-state index is 12.0. The summed E-state index contributed by atoms with van der Waals surface area (Å²) in [7, 11) is 0. The number of carbonyl (C=O) groups is 1. The van der Waals surface area contributed by atoms with Crippen LogP contribution in [0.1, 0.15) is 15.4 Å². The second kappa shape index (κ2) is 7.79. The minimum Gasteiger partial charge on any atom is -0.459 e. The summed E-state index contributed by atoms with van der Waals surface area (Å²) in [6.45, 7) is -0.171. The lowest BCUT2D eigenvalue weighted by Gasteiger charge is -2.10. The van der Waals surface area contributed by atoms with Crippen molar-refractivity contribution < 1.29 is 14.3 Å². The summed E-state index contributed by atoms with van der Waals surface area (Å²) >= 11 is 12.8. The Hall–Kier alpha value is -2.19. The molecule has 0 aliphatic carbocycles. The Morgan fingerprint density at radius 2 is 2.12 bits per heavy atom. The summed E-state index contributed by atoms with van der Waals surface area (Å²) in [6, 6.07) is 12.2. The largest absolute Gasteiger partial charge is 0.459 e. The van der Waals surface area contributed by atoms with Gasteiger partial charge in [0.05, 0.1) is 9.90 Å². The Labute approximate surface area is 158 Å². The lowest BCUT2D eigenvalue weighted by Crippen LogP contribution is -2.33. The maximum Gasteiger partial charge on any atom is 0.267 e. The molecule has 0 aliphatic heterocycles. The predicted molar refractivity (Wildman–Crippen MR) is 103 cm³/mol. The summed E-state index contributed by atoms with van der Waals surface area (Å²) in [5.41, 5.74) is 1.33. The number of rotatable bonds is 4. The van der Waals surface area contributed by atoms with Crippen LogP contribution in [0, 0.1) is 0 Å². The van der Waals surface area contributed by atoms with E-state index in [4.69, 9.17) is 33.3 Å². The van der Waals surface area contributed by atoms with Gasteiger partial charge in [-0.25, -0.2) is 0 Å². The lowest BCUT2D eigenvalue weighted by molar-refractivity contribution is 0.0981. The van der Waals surface area contributed by atoms with Crippen LogP contribution in [-0.2, 0) is 6.61 Å². The van der Waals surface area contributed by atoms with E-state index in [2.05, 4.69) is 10.6 Å². The number of aliphatic hydroxyl groups is 1. The fourth-order valence-electron chi connectivity index (χ4n) is 2.14. The number of halogens is 1. The molecule has 5 nitrogen and oxygen atoms in total. The fraction of sp³-hybridized carbons (Fsp3) is 0.0588. The monoisotopic (exact) mass is 392 g/mol. The third-order valence-electron chi connectivity index (χ3n) is 3.28. The van der Waals surface area contributed by atoms with Crippen molar-refractivity contribution in [1.82, 2.24) is 5.32 Å². The molecule has 1 amide bonds. The van der Waals surface area contributed by atoms with Gasteiger partial charge in [0.1, 0.15) is 18.1 Å². The smallest absolute Gasteiger partial charge is 0.267 e. The van der Waals surface area contributed by atoms with Gasteiger partial charge < -0.3 is 14.8 Å². The van der Waals surface area contributed by atoms with Crippen molar-refractivity contribution in [2.75, 3.05) is 5.32 Å². The molecule has 0 unspecified atom stereocenters. The van der Waals surface area contributed by atoms with Crippen LogP contribution >= 0.6 is 35.2 Å². The van der Waals surface area contributed by atoms with Crippen molar-refractivity contribution in [3.05, 3.63) is 63.5 Å². The number of benzene rings is 1. The number of anilines is 1. The van der Waals surface area contributed by atoms with Gasteiger partial charge in [-0.2, -0.15) is 0 Å². The summed E-state index contributed by atoms with van der Waals surface area (Å²) in [4.78, 5) is 12.5. The molecular weight excluding hydrogens is 380 g/mol. The number of aliphatic hydroxyl groups excluding tert-OH is 1. The van der Waals surface area contributed by atoms with Gasteiger partial charge in [-0.1, -0.05) is 17.7 Å². The summed E-state index contributed by atoms with van der Waals surface area (Å²) in [5.74, 6) is 0.766. The van der Waals surface area contributed by atoms with Crippen molar-refractivity contribution in [3.63, 3.8) is 0 Å². The number of thiophene rings is 1. The van der Waals surface area contributed by atoms with Crippen LogP contribution < -0.4 is 10.6 Å². The van der Waals surface area contributed by atoms with Crippen LogP contribution in [-0.4, -0.2) is 16.1 Å². The molecule has 0 radical (unpaired) electrons. The average Bonchev–Trinajstić information content (AvgIpc) is 3.26. The van der Waals surface area contributed by atoms with Crippen LogP contribution in [0.2, 0.25) is 5.02 Å². The van der Waals surface area contributed by atoms with Gasteiger partial charge in [-0.05, 0) is 54.0 Å². The van der Waals surface area contributed by atoms with E-state index in [-0.39, 0.29) is 17.6 Å². The van der Waals surface area contributed by atoms with Crippen LogP contribution in [0.5, 0.6) is 0 Å². The molecule has 25 heavy (non-hydrogen) atoms. The second-order valence-electron chi connectivity index (χ2n) is 5.00. The van der Waals surface area contributed by atoms with Crippen LogP contribution in [0.3, 0.4) is 0 Å². The molecule has 0 atom stereocenters. The molecule has 8 heteroatoms. The molecule has 2 heterocycles. The zero-order valence-corrected chi connectivity index (χ0v) is 15.2. The zero-order valence-electron chi connectivity index (χ0n) is 12.8. The molecule has 0 bridgehead atoms. The molecular formula is C17H13ClN2O3S2. The highest BCUT2D eigenvalue weighted by Gasteiger charge is 2.11. The highest BCUT2D eigenvalue weighted by molar-refractivity contribution is 7.80. The van der Waals surface area contributed by atoms with Gasteiger partial charge in [0, 0.05) is 11.3 Å². The molecule has 3 rings (SSSR count).